The molecule has 0 aromatic heterocycles. The highest BCUT2D eigenvalue weighted by Gasteiger charge is 2.52. The Morgan fingerprint density at radius 1 is 0.971 bits per heavy atom. The van der Waals surface area contributed by atoms with E-state index < -0.39 is 16.6 Å². The van der Waals surface area contributed by atoms with Crippen molar-refractivity contribution in [2.45, 2.75) is 136 Å². The van der Waals surface area contributed by atoms with Gasteiger partial charge in [-0.25, -0.2) is 0 Å². The van der Waals surface area contributed by atoms with Gasteiger partial charge in [-0.05, 0) is 85.3 Å². The minimum atomic E-state index is -1.91. The largest absolute Gasteiger partial charge is 0.413 e. The maximum Gasteiger partial charge on any atom is 0.192 e. The Bertz CT molecular complexity index is 727. The first-order chi connectivity index (χ1) is 15.3. The highest BCUT2D eigenvalue weighted by Crippen LogP contribution is 2.53. The Kier molecular flexibility index (Phi) is 9.40. The van der Waals surface area contributed by atoms with Gasteiger partial charge in [-0.2, -0.15) is 0 Å². The van der Waals surface area contributed by atoms with Crippen molar-refractivity contribution in [1.29, 1.82) is 0 Å². The summed E-state index contributed by atoms with van der Waals surface area (Å²) in [5.74, 6) is 1.68. The number of aliphatic hydroxyl groups is 1. The molecule has 5 heteroatoms. The lowest BCUT2D eigenvalue weighted by Crippen LogP contribution is -2.45. The Hall–Kier alpha value is -0.206. The van der Waals surface area contributed by atoms with Crippen molar-refractivity contribution < 1.29 is 14.0 Å². The maximum atomic E-state index is 10.8. The third-order valence-corrected chi connectivity index (χ3v) is 18.4. The molecule has 0 spiro atoms. The van der Waals surface area contributed by atoms with Gasteiger partial charge in [-0.1, -0.05) is 74.1 Å². The van der Waals surface area contributed by atoms with E-state index in [4.69, 9.17) is 8.85 Å². The molecule has 6 atom stereocenters. The molecular weight excluding hydrogens is 452 g/mol. The number of hydrogen-bond donors (Lipinski definition) is 1. The van der Waals surface area contributed by atoms with Crippen LogP contribution in [-0.4, -0.2) is 40.1 Å². The number of rotatable bonds is 9. The first-order valence-corrected chi connectivity index (χ1v) is 19.5. The first-order valence-electron chi connectivity index (χ1n) is 13.7. The van der Waals surface area contributed by atoms with Gasteiger partial charge in [0.15, 0.2) is 16.6 Å². The van der Waals surface area contributed by atoms with Gasteiger partial charge in [-0.3, -0.25) is 0 Å². The Labute approximate surface area is 214 Å². The highest BCUT2D eigenvalue weighted by atomic mass is 28.4. The standard InChI is InChI=1S/C29H56O3Si2/c1-20(2)14-15-22(31-33(10,11)28(4,5)6)16-17-23-24-18-21(3)27(30)25(24)19-26(23)32-34(12,13)29(7,8)9/h16-17,20,22-27,30H,3,14-15,18-19H2,1-2,4-13H3/b17-16+/t22?,23-,24+,25-,26+,27+/m0/s1. The average Bonchev–Trinajstić information content (AvgIpc) is 3.10. The molecule has 0 bridgehead atoms. The zero-order valence-corrected chi connectivity index (χ0v) is 26.5. The van der Waals surface area contributed by atoms with E-state index in [9.17, 15) is 5.11 Å². The molecule has 0 heterocycles. The van der Waals surface area contributed by atoms with Crippen LogP contribution in [0.5, 0.6) is 0 Å². The van der Waals surface area contributed by atoms with Gasteiger partial charge in [0.1, 0.15) is 0 Å². The fourth-order valence-corrected chi connectivity index (χ4v) is 7.66. The molecule has 3 nitrogen and oxygen atoms in total. The van der Waals surface area contributed by atoms with E-state index >= 15 is 0 Å². The Morgan fingerprint density at radius 3 is 2.03 bits per heavy atom. The van der Waals surface area contributed by atoms with Crippen molar-refractivity contribution in [3.8, 4) is 0 Å². The molecule has 2 aliphatic carbocycles. The van der Waals surface area contributed by atoms with Crippen molar-refractivity contribution in [3.63, 3.8) is 0 Å². The Morgan fingerprint density at radius 2 is 1.53 bits per heavy atom. The highest BCUT2D eigenvalue weighted by molar-refractivity contribution is 6.74. The molecule has 0 amide bonds. The molecule has 0 saturated heterocycles. The summed E-state index contributed by atoms with van der Waals surface area (Å²) in [6, 6.07) is 0. The van der Waals surface area contributed by atoms with Crippen LogP contribution in [0.4, 0.5) is 0 Å². The third-order valence-electron chi connectivity index (χ3n) is 9.38. The fraction of sp³-hybridized carbons (Fsp3) is 0.862. The van der Waals surface area contributed by atoms with Crippen molar-refractivity contribution in [2.24, 2.45) is 23.7 Å². The second-order valence-corrected chi connectivity index (χ2v) is 24.1. The lowest BCUT2D eigenvalue weighted by Gasteiger charge is -2.40. The molecule has 0 aromatic rings. The van der Waals surface area contributed by atoms with Crippen LogP contribution >= 0.6 is 0 Å². The van der Waals surface area contributed by atoms with Crippen LogP contribution in [0, 0.1) is 23.7 Å². The van der Waals surface area contributed by atoms with Gasteiger partial charge >= 0.3 is 0 Å². The maximum absolute atomic E-state index is 10.8. The molecule has 34 heavy (non-hydrogen) atoms. The fourth-order valence-electron chi connectivity index (χ4n) is 4.99. The van der Waals surface area contributed by atoms with Gasteiger partial charge in [-0.15, -0.1) is 0 Å². The lowest BCUT2D eigenvalue weighted by molar-refractivity contribution is 0.128. The molecule has 0 radical (unpaired) electrons. The quantitative estimate of drug-likeness (QED) is 0.251. The molecule has 2 saturated carbocycles. The molecule has 2 fully saturated rings. The molecule has 198 valence electrons. The zero-order valence-electron chi connectivity index (χ0n) is 24.5. The van der Waals surface area contributed by atoms with E-state index in [0.717, 1.165) is 24.8 Å². The molecule has 2 aliphatic rings. The van der Waals surface area contributed by atoms with Gasteiger partial charge in [0.25, 0.3) is 0 Å². The van der Waals surface area contributed by atoms with Crippen LogP contribution in [0.2, 0.25) is 36.3 Å². The van der Waals surface area contributed by atoms with Gasteiger partial charge < -0.3 is 14.0 Å². The number of fused-ring (bicyclic) bond motifs is 1. The average molecular weight is 509 g/mol. The van der Waals surface area contributed by atoms with Crippen molar-refractivity contribution >= 4 is 16.6 Å². The monoisotopic (exact) mass is 508 g/mol. The molecule has 2 rings (SSSR count). The van der Waals surface area contributed by atoms with E-state index in [-0.39, 0.29) is 34.3 Å². The lowest BCUT2D eigenvalue weighted by atomic mass is 9.90. The minimum Gasteiger partial charge on any atom is -0.413 e. The molecule has 0 aromatic carbocycles. The molecule has 1 N–H and O–H groups in total. The topological polar surface area (TPSA) is 38.7 Å². The Balaban J connectivity index is 2.32. The zero-order chi connectivity index (χ0) is 26.3. The molecular formula is C29H56O3Si2. The second-order valence-electron chi connectivity index (χ2n) is 14.6. The van der Waals surface area contributed by atoms with Crippen LogP contribution in [0.3, 0.4) is 0 Å². The van der Waals surface area contributed by atoms with Crippen molar-refractivity contribution in [3.05, 3.63) is 24.3 Å². The van der Waals surface area contributed by atoms with Crippen LogP contribution < -0.4 is 0 Å². The summed E-state index contributed by atoms with van der Waals surface area (Å²) in [4.78, 5) is 0. The summed E-state index contributed by atoms with van der Waals surface area (Å²) in [5, 5.41) is 11.2. The second kappa shape index (κ2) is 10.6. The van der Waals surface area contributed by atoms with Gasteiger partial charge in [0.2, 0.25) is 0 Å². The number of hydrogen-bond acceptors (Lipinski definition) is 3. The normalized spacial score (nSPS) is 29.9. The van der Waals surface area contributed by atoms with Gasteiger partial charge in [0.05, 0.1) is 18.3 Å². The van der Waals surface area contributed by atoms with Crippen LogP contribution in [-0.2, 0) is 8.85 Å². The number of aliphatic hydroxyl groups excluding tert-OH is 1. The van der Waals surface area contributed by atoms with Crippen LogP contribution in [0.1, 0.15) is 81.1 Å². The summed E-state index contributed by atoms with van der Waals surface area (Å²) in [5.41, 5.74) is 1.01. The smallest absolute Gasteiger partial charge is 0.192 e. The van der Waals surface area contributed by atoms with E-state index in [1.54, 1.807) is 0 Å². The molecule has 0 aliphatic heterocycles. The predicted molar refractivity (Wildman–Crippen MR) is 152 cm³/mol. The summed E-state index contributed by atoms with van der Waals surface area (Å²) < 4.78 is 13.9. The molecule has 1 unspecified atom stereocenters. The van der Waals surface area contributed by atoms with Crippen molar-refractivity contribution in [1.82, 2.24) is 0 Å². The van der Waals surface area contributed by atoms with Gasteiger partial charge in [0, 0.05) is 5.92 Å². The van der Waals surface area contributed by atoms with E-state index in [1.165, 1.54) is 6.42 Å². The summed E-state index contributed by atoms with van der Waals surface area (Å²) >= 11 is 0. The third kappa shape index (κ3) is 6.96. The van der Waals surface area contributed by atoms with Crippen molar-refractivity contribution in [2.75, 3.05) is 0 Å². The SMILES string of the molecule is C=C1C[C@@H]2[C@H](/C=C/C(CCC(C)C)O[Si](C)(C)C(C)(C)C)[C@H](O[Si](C)(C)C(C)(C)C)C[C@@H]2[C@@H]1O. The first kappa shape index (κ1) is 30.0. The predicted octanol–water partition coefficient (Wildman–Crippen LogP) is 8.33. The van der Waals surface area contributed by atoms with Crippen LogP contribution in [0.25, 0.3) is 0 Å². The van der Waals surface area contributed by atoms with E-state index in [0.29, 0.717) is 17.8 Å². The minimum absolute atomic E-state index is 0.144. The van der Waals surface area contributed by atoms with E-state index in [1.807, 2.05) is 0 Å². The van der Waals surface area contributed by atoms with Crippen LogP contribution in [0.15, 0.2) is 24.3 Å². The summed E-state index contributed by atoms with van der Waals surface area (Å²) in [7, 11) is -3.79. The summed E-state index contributed by atoms with van der Waals surface area (Å²) in [6.07, 6.45) is 8.80. The summed E-state index contributed by atoms with van der Waals surface area (Å²) in [6.45, 7) is 32.1. The van der Waals surface area contributed by atoms with E-state index in [2.05, 4.69) is 100 Å².